The van der Waals surface area contributed by atoms with E-state index in [9.17, 15) is 9.59 Å². The second-order valence-corrected chi connectivity index (χ2v) is 4.50. The van der Waals surface area contributed by atoms with Gasteiger partial charge >= 0.3 is 5.97 Å². The van der Waals surface area contributed by atoms with Crippen molar-refractivity contribution in [2.75, 3.05) is 0 Å². The average molecular weight is 246 g/mol. The molecule has 0 saturated heterocycles. The second kappa shape index (κ2) is 5.41. The Labute approximate surface area is 103 Å². The molecule has 0 bridgehead atoms. The monoisotopic (exact) mass is 246 g/mol. The Bertz CT molecular complexity index is 516. The molecular weight excluding hydrogens is 236 g/mol. The van der Waals surface area contributed by atoms with Gasteiger partial charge in [0, 0.05) is 0 Å². The van der Waals surface area contributed by atoms with Gasteiger partial charge in [-0.05, 0) is 17.7 Å². The molecule has 0 radical (unpaired) electrons. The van der Waals surface area contributed by atoms with E-state index in [0.29, 0.717) is 9.75 Å². The molecule has 2 rings (SSSR count). The first-order chi connectivity index (χ1) is 8.29. The van der Waals surface area contributed by atoms with Crippen LogP contribution in [0.1, 0.15) is 24.9 Å². The first-order valence-electron chi connectivity index (χ1n) is 5.05. The minimum absolute atomic E-state index is 0.244. The number of hydrogen-bond donors (Lipinski definition) is 0. The molecule has 0 atom stereocenters. The van der Waals surface area contributed by atoms with Crippen LogP contribution in [0.3, 0.4) is 0 Å². The summed E-state index contributed by atoms with van der Waals surface area (Å²) >= 11 is 1.13. The van der Waals surface area contributed by atoms with Gasteiger partial charge in [0.25, 0.3) is 0 Å². The van der Waals surface area contributed by atoms with E-state index >= 15 is 0 Å². The molecule has 0 N–H and O–H groups in total. The molecule has 0 saturated carbocycles. The van der Waals surface area contributed by atoms with E-state index in [-0.39, 0.29) is 6.61 Å². The van der Waals surface area contributed by atoms with Gasteiger partial charge in [-0.1, -0.05) is 30.3 Å². The molecule has 0 aliphatic carbocycles. The van der Waals surface area contributed by atoms with Crippen LogP contribution < -0.4 is 0 Å². The third kappa shape index (κ3) is 3.01. The Balaban J connectivity index is 1.96. The van der Waals surface area contributed by atoms with Crippen molar-refractivity contribution in [2.24, 2.45) is 0 Å². The molecule has 0 fully saturated rings. The summed E-state index contributed by atoms with van der Waals surface area (Å²) in [7, 11) is 0. The van der Waals surface area contributed by atoms with E-state index in [1.807, 2.05) is 30.3 Å². The fraction of sp³-hybridized carbons (Fsp3) is 0.0769. The summed E-state index contributed by atoms with van der Waals surface area (Å²) in [6.07, 6.45) is 0.721. The number of thiophene rings is 1. The molecule has 1 aromatic carbocycles. The fourth-order valence-electron chi connectivity index (χ4n) is 1.32. The number of hydrogen-bond acceptors (Lipinski definition) is 4. The van der Waals surface area contributed by atoms with Crippen LogP contribution in [0.25, 0.3) is 0 Å². The van der Waals surface area contributed by atoms with Crippen LogP contribution in [-0.2, 0) is 11.3 Å². The Morgan fingerprint density at radius 2 is 1.94 bits per heavy atom. The first-order valence-corrected chi connectivity index (χ1v) is 5.87. The van der Waals surface area contributed by atoms with Crippen LogP contribution in [0.15, 0.2) is 42.5 Å². The molecule has 0 amide bonds. The molecular formula is C13H10O3S. The van der Waals surface area contributed by atoms with Gasteiger partial charge in [0.05, 0.1) is 4.88 Å². The number of esters is 1. The zero-order chi connectivity index (χ0) is 12.1. The molecule has 0 spiro atoms. The molecule has 0 unspecified atom stereocenters. The van der Waals surface area contributed by atoms with E-state index in [0.717, 1.165) is 23.2 Å². The van der Waals surface area contributed by atoms with Crippen molar-refractivity contribution in [3.8, 4) is 0 Å². The van der Waals surface area contributed by atoms with Crippen LogP contribution in [0.4, 0.5) is 0 Å². The Morgan fingerprint density at radius 3 is 2.59 bits per heavy atom. The van der Waals surface area contributed by atoms with Crippen molar-refractivity contribution in [3.63, 3.8) is 0 Å². The molecule has 4 heteroatoms. The lowest BCUT2D eigenvalue weighted by atomic mass is 10.2. The van der Waals surface area contributed by atoms with Crippen molar-refractivity contribution in [1.29, 1.82) is 0 Å². The van der Waals surface area contributed by atoms with E-state index in [1.165, 1.54) is 0 Å². The van der Waals surface area contributed by atoms with E-state index < -0.39 is 5.97 Å². The second-order valence-electron chi connectivity index (χ2n) is 3.38. The van der Waals surface area contributed by atoms with Gasteiger partial charge in [0.15, 0.2) is 6.29 Å². The maximum atomic E-state index is 11.6. The Kier molecular flexibility index (Phi) is 3.67. The highest BCUT2D eigenvalue weighted by atomic mass is 32.1. The lowest BCUT2D eigenvalue weighted by molar-refractivity contribution is 0.0478. The molecule has 17 heavy (non-hydrogen) atoms. The average Bonchev–Trinajstić information content (AvgIpc) is 2.86. The van der Waals surface area contributed by atoms with Gasteiger partial charge in [-0.25, -0.2) is 4.79 Å². The highest BCUT2D eigenvalue weighted by Gasteiger charge is 2.10. The summed E-state index contributed by atoms with van der Waals surface area (Å²) in [5.74, 6) is -0.396. The lowest BCUT2D eigenvalue weighted by Crippen LogP contribution is -2.02. The van der Waals surface area contributed by atoms with Gasteiger partial charge in [0.1, 0.15) is 11.5 Å². The number of benzene rings is 1. The largest absolute Gasteiger partial charge is 0.457 e. The van der Waals surface area contributed by atoms with E-state index in [2.05, 4.69) is 0 Å². The van der Waals surface area contributed by atoms with E-state index in [4.69, 9.17) is 4.74 Å². The summed E-state index contributed by atoms with van der Waals surface area (Å²) in [5.41, 5.74) is 0.938. The van der Waals surface area contributed by atoms with Crippen molar-refractivity contribution < 1.29 is 14.3 Å². The van der Waals surface area contributed by atoms with Crippen LogP contribution in [0.2, 0.25) is 0 Å². The first kappa shape index (κ1) is 11.5. The van der Waals surface area contributed by atoms with Crippen LogP contribution in [-0.4, -0.2) is 12.3 Å². The number of rotatable bonds is 4. The summed E-state index contributed by atoms with van der Waals surface area (Å²) in [4.78, 5) is 23.1. The molecule has 86 valence electrons. The lowest BCUT2D eigenvalue weighted by Gasteiger charge is -2.02. The normalized spacial score (nSPS) is 9.88. The zero-order valence-corrected chi connectivity index (χ0v) is 9.78. The maximum Gasteiger partial charge on any atom is 0.348 e. The van der Waals surface area contributed by atoms with Gasteiger partial charge in [-0.15, -0.1) is 11.3 Å². The SMILES string of the molecule is O=Cc1ccc(C(=O)OCc2ccccc2)s1. The standard InChI is InChI=1S/C13H10O3S/c14-8-11-6-7-12(17-11)13(15)16-9-10-4-2-1-3-5-10/h1-8H,9H2. The Hall–Kier alpha value is -1.94. The molecule has 0 aliphatic rings. The van der Waals surface area contributed by atoms with Crippen molar-refractivity contribution >= 4 is 23.6 Å². The number of aldehydes is 1. The van der Waals surface area contributed by atoms with Gasteiger partial charge in [0.2, 0.25) is 0 Å². The number of carbonyl (C=O) groups is 2. The highest BCUT2D eigenvalue weighted by molar-refractivity contribution is 7.15. The van der Waals surface area contributed by atoms with Crippen LogP contribution in [0.5, 0.6) is 0 Å². The predicted octanol–water partition coefficient (Wildman–Crippen LogP) is 2.92. The Morgan fingerprint density at radius 1 is 1.18 bits per heavy atom. The van der Waals surface area contributed by atoms with Gasteiger partial charge in [-0.2, -0.15) is 0 Å². The highest BCUT2D eigenvalue weighted by Crippen LogP contribution is 2.16. The number of carbonyl (C=O) groups excluding carboxylic acids is 2. The van der Waals surface area contributed by atoms with Crippen molar-refractivity contribution in [2.45, 2.75) is 6.61 Å². The summed E-state index contributed by atoms with van der Waals surface area (Å²) < 4.78 is 5.13. The van der Waals surface area contributed by atoms with Crippen LogP contribution in [0, 0.1) is 0 Å². The predicted molar refractivity (Wildman–Crippen MR) is 65.3 cm³/mol. The van der Waals surface area contributed by atoms with Gasteiger partial charge < -0.3 is 4.74 Å². The maximum absolute atomic E-state index is 11.6. The number of ether oxygens (including phenoxy) is 1. The third-order valence-corrected chi connectivity index (χ3v) is 3.15. The third-order valence-electron chi connectivity index (χ3n) is 2.16. The summed E-state index contributed by atoms with van der Waals surface area (Å²) in [6.45, 7) is 0.244. The summed E-state index contributed by atoms with van der Waals surface area (Å²) in [6, 6.07) is 12.7. The molecule has 2 aromatic rings. The van der Waals surface area contributed by atoms with Crippen LogP contribution >= 0.6 is 11.3 Å². The quantitative estimate of drug-likeness (QED) is 0.615. The molecule has 1 aromatic heterocycles. The van der Waals surface area contributed by atoms with Crippen molar-refractivity contribution in [1.82, 2.24) is 0 Å². The topological polar surface area (TPSA) is 43.4 Å². The van der Waals surface area contributed by atoms with Gasteiger partial charge in [-0.3, -0.25) is 4.79 Å². The fourth-order valence-corrected chi connectivity index (χ4v) is 2.04. The van der Waals surface area contributed by atoms with Crippen molar-refractivity contribution in [3.05, 3.63) is 57.8 Å². The zero-order valence-electron chi connectivity index (χ0n) is 8.96. The molecule has 1 heterocycles. The smallest absolute Gasteiger partial charge is 0.348 e. The molecule has 3 nitrogen and oxygen atoms in total. The molecule has 0 aliphatic heterocycles. The van der Waals surface area contributed by atoms with E-state index in [1.54, 1.807) is 12.1 Å². The summed E-state index contributed by atoms with van der Waals surface area (Å²) in [5, 5.41) is 0. The minimum Gasteiger partial charge on any atom is -0.457 e. The minimum atomic E-state index is -0.396.